The molecule has 100 valence electrons. The summed E-state index contributed by atoms with van der Waals surface area (Å²) in [6, 6.07) is 12.9. The van der Waals surface area contributed by atoms with Crippen LogP contribution >= 0.6 is 38.5 Å². The van der Waals surface area contributed by atoms with Crippen molar-refractivity contribution in [2.45, 2.75) is 13.0 Å². The lowest BCUT2D eigenvalue weighted by atomic mass is 9.98. The van der Waals surface area contributed by atoms with E-state index in [4.69, 9.17) is 0 Å². The van der Waals surface area contributed by atoms with E-state index in [0.717, 1.165) is 25.7 Å². The average Bonchev–Trinajstić information content (AvgIpc) is 2.39. The van der Waals surface area contributed by atoms with Gasteiger partial charge in [0.05, 0.1) is 6.04 Å². The van der Waals surface area contributed by atoms with Crippen LogP contribution < -0.4 is 5.32 Å². The van der Waals surface area contributed by atoms with Crippen molar-refractivity contribution in [2.75, 3.05) is 6.54 Å². The second-order valence-corrected chi connectivity index (χ2v) is 6.31. The van der Waals surface area contributed by atoms with Gasteiger partial charge in [-0.25, -0.2) is 4.39 Å². The smallest absolute Gasteiger partial charge is 0.123 e. The Labute approximate surface area is 134 Å². The highest BCUT2D eigenvalue weighted by Crippen LogP contribution is 2.30. The molecular weight excluding hydrogens is 420 g/mol. The molecule has 1 unspecified atom stereocenters. The molecule has 2 aromatic rings. The highest BCUT2D eigenvalue weighted by Gasteiger charge is 2.16. The minimum atomic E-state index is -0.206. The third-order valence-electron chi connectivity index (χ3n) is 2.86. The van der Waals surface area contributed by atoms with E-state index < -0.39 is 0 Å². The summed E-state index contributed by atoms with van der Waals surface area (Å²) in [7, 11) is 0. The molecule has 0 saturated carbocycles. The quantitative estimate of drug-likeness (QED) is 0.676. The van der Waals surface area contributed by atoms with E-state index in [2.05, 4.69) is 49.9 Å². The van der Waals surface area contributed by atoms with Gasteiger partial charge in [0.1, 0.15) is 5.82 Å². The van der Waals surface area contributed by atoms with Gasteiger partial charge in [-0.2, -0.15) is 0 Å². The average molecular weight is 434 g/mol. The zero-order valence-electron chi connectivity index (χ0n) is 10.5. The molecule has 1 N–H and O–H groups in total. The largest absolute Gasteiger partial charge is 0.306 e. The molecular formula is C15H14BrFIN. The zero-order chi connectivity index (χ0) is 13.8. The molecule has 1 atom stereocenters. The van der Waals surface area contributed by atoms with E-state index in [1.165, 1.54) is 6.07 Å². The van der Waals surface area contributed by atoms with Crippen LogP contribution in [0.25, 0.3) is 0 Å². The van der Waals surface area contributed by atoms with Crippen LogP contribution in [0.5, 0.6) is 0 Å². The van der Waals surface area contributed by atoms with Gasteiger partial charge < -0.3 is 5.32 Å². The molecule has 0 aliphatic carbocycles. The summed E-state index contributed by atoms with van der Waals surface area (Å²) < 4.78 is 15.6. The van der Waals surface area contributed by atoms with Crippen molar-refractivity contribution in [3.05, 3.63) is 67.5 Å². The first-order valence-electron chi connectivity index (χ1n) is 6.05. The fourth-order valence-corrected chi connectivity index (χ4v) is 3.02. The standard InChI is InChI=1S/C15H14BrFIN/c1-2-19-15(10-4-3-5-11(17)8-10)13-9-12(18)6-7-14(13)16/h3-9,15,19H,2H2,1H3. The Kier molecular flexibility index (Phi) is 5.36. The summed E-state index contributed by atoms with van der Waals surface area (Å²) in [5.41, 5.74) is 2.06. The minimum absolute atomic E-state index is 0.00945. The van der Waals surface area contributed by atoms with Gasteiger partial charge in [-0.3, -0.25) is 0 Å². The summed E-state index contributed by atoms with van der Waals surface area (Å²) in [4.78, 5) is 0. The van der Waals surface area contributed by atoms with Gasteiger partial charge in [0.2, 0.25) is 0 Å². The Morgan fingerprint density at radius 1 is 1.26 bits per heavy atom. The fourth-order valence-electron chi connectivity index (χ4n) is 2.03. The Bertz CT molecular complexity index is 574. The first kappa shape index (κ1) is 14.9. The minimum Gasteiger partial charge on any atom is -0.306 e. The van der Waals surface area contributed by atoms with Crippen molar-refractivity contribution in [3.8, 4) is 0 Å². The molecule has 4 heteroatoms. The van der Waals surface area contributed by atoms with Crippen molar-refractivity contribution < 1.29 is 4.39 Å². The highest BCUT2D eigenvalue weighted by atomic mass is 127. The first-order chi connectivity index (χ1) is 9.11. The predicted octanol–water partition coefficient (Wildman–Crippen LogP) is 4.89. The number of hydrogen-bond acceptors (Lipinski definition) is 1. The molecule has 0 spiro atoms. The van der Waals surface area contributed by atoms with Crippen molar-refractivity contribution in [3.63, 3.8) is 0 Å². The summed E-state index contributed by atoms with van der Waals surface area (Å²) in [6.07, 6.45) is 0. The Morgan fingerprint density at radius 3 is 2.74 bits per heavy atom. The van der Waals surface area contributed by atoms with Crippen molar-refractivity contribution in [2.24, 2.45) is 0 Å². The Morgan fingerprint density at radius 2 is 2.05 bits per heavy atom. The molecule has 0 fully saturated rings. The van der Waals surface area contributed by atoms with E-state index in [0.29, 0.717) is 0 Å². The molecule has 0 bridgehead atoms. The van der Waals surface area contributed by atoms with E-state index in [1.54, 1.807) is 12.1 Å². The topological polar surface area (TPSA) is 12.0 Å². The summed E-state index contributed by atoms with van der Waals surface area (Å²) in [5, 5.41) is 3.41. The molecule has 2 rings (SSSR count). The number of benzene rings is 2. The number of halogens is 3. The maximum absolute atomic E-state index is 13.4. The van der Waals surface area contributed by atoms with Crippen LogP contribution in [-0.4, -0.2) is 6.54 Å². The monoisotopic (exact) mass is 433 g/mol. The number of hydrogen-bond donors (Lipinski definition) is 1. The van der Waals surface area contributed by atoms with Crippen LogP contribution in [0.4, 0.5) is 4.39 Å². The molecule has 0 heterocycles. The number of nitrogens with one attached hydrogen (secondary N) is 1. The van der Waals surface area contributed by atoms with Gasteiger partial charge in [-0.1, -0.05) is 35.0 Å². The highest BCUT2D eigenvalue weighted by molar-refractivity contribution is 14.1. The van der Waals surface area contributed by atoms with Gasteiger partial charge in [0, 0.05) is 8.04 Å². The lowest BCUT2D eigenvalue weighted by molar-refractivity contribution is 0.602. The van der Waals surface area contributed by atoms with Gasteiger partial charge in [-0.15, -0.1) is 0 Å². The van der Waals surface area contributed by atoms with Gasteiger partial charge >= 0.3 is 0 Å². The van der Waals surface area contributed by atoms with Crippen molar-refractivity contribution >= 4 is 38.5 Å². The molecule has 19 heavy (non-hydrogen) atoms. The Hall–Kier alpha value is -0.460. The zero-order valence-corrected chi connectivity index (χ0v) is 14.2. The molecule has 1 nitrogen and oxygen atoms in total. The fraction of sp³-hybridized carbons (Fsp3) is 0.200. The molecule has 0 saturated heterocycles. The van der Waals surface area contributed by atoms with E-state index in [-0.39, 0.29) is 11.9 Å². The van der Waals surface area contributed by atoms with Crippen LogP contribution in [0.1, 0.15) is 24.1 Å². The van der Waals surface area contributed by atoms with Gasteiger partial charge in [0.15, 0.2) is 0 Å². The maximum atomic E-state index is 13.4. The first-order valence-corrected chi connectivity index (χ1v) is 7.92. The predicted molar refractivity (Wildman–Crippen MR) is 88.8 cm³/mol. The van der Waals surface area contributed by atoms with E-state index in [9.17, 15) is 4.39 Å². The SMILES string of the molecule is CCNC(c1cccc(F)c1)c1cc(I)ccc1Br. The van der Waals surface area contributed by atoms with Crippen molar-refractivity contribution in [1.29, 1.82) is 0 Å². The third-order valence-corrected chi connectivity index (χ3v) is 4.25. The van der Waals surface area contributed by atoms with E-state index in [1.807, 2.05) is 25.1 Å². The van der Waals surface area contributed by atoms with E-state index >= 15 is 0 Å². The maximum Gasteiger partial charge on any atom is 0.123 e. The summed E-state index contributed by atoms with van der Waals surface area (Å²) in [5.74, 6) is -0.206. The third kappa shape index (κ3) is 3.77. The van der Waals surface area contributed by atoms with Gasteiger partial charge in [0.25, 0.3) is 0 Å². The molecule has 0 amide bonds. The molecule has 0 aliphatic rings. The van der Waals surface area contributed by atoms with Crippen LogP contribution in [0, 0.1) is 9.39 Å². The van der Waals surface area contributed by atoms with Crippen LogP contribution in [0.3, 0.4) is 0 Å². The lowest BCUT2D eigenvalue weighted by Crippen LogP contribution is -2.22. The lowest BCUT2D eigenvalue weighted by Gasteiger charge is -2.20. The van der Waals surface area contributed by atoms with Crippen LogP contribution in [0.2, 0.25) is 0 Å². The van der Waals surface area contributed by atoms with Gasteiger partial charge in [-0.05, 0) is 70.6 Å². The second kappa shape index (κ2) is 6.81. The molecule has 0 aromatic heterocycles. The number of rotatable bonds is 4. The molecule has 0 radical (unpaired) electrons. The summed E-state index contributed by atoms with van der Waals surface area (Å²) >= 11 is 5.87. The second-order valence-electron chi connectivity index (χ2n) is 4.21. The molecule has 0 aliphatic heterocycles. The summed E-state index contributed by atoms with van der Waals surface area (Å²) in [6.45, 7) is 2.87. The normalized spacial score (nSPS) is 12.4. The Balaban J connectivity index is 2.48. The van der Waals surface area contributed by atoms with Crippen LogP contribution in [-0.2, 0) is 0 Å². The molecule has 2 aromatic carbocycles. The van der Waals surface area contributed by atoms with Crippen molar-refractivity contribution in [1.82, 2.24) is 5.32 Å². The van der Waals surface area contributed by atoms with Crippen LogP contribution in [0.15, 0.2) is 46.9 Å².